The first-order valence-electron chi connectivity index (χ1n) is 7.65. The third-order valence-corrected chi connectivity index (χ3v) is 4.22. The second kappa shape index (κ2) is 6.40. The van der Waals surface area contributed by atoms with Gasteiger partial charge in [0.15, 0.2) is 0 Å². The van der Waals surface area contributed by atoms with E-state index in [0.717, 1.165) is 28.1 Å². The predicted molar refractivity (Wildman–Crippen MR) is 92.2 cm³/mol. The van der Waals surface area contributed by atoms with Crippen molar-refractivity contribution in [2.45, 2.75) is 19.8 Å². The van der Waals surface area contributed by atoms with Crippen LogP contribution in [0.4, 0.5) is 0 Å². The molecule has 0 amide bonds. The van der Waals surface area contributed by atoms with Gasteiger partial charge in [0, 0.05) is 23.8 Å². The van der Waals surface area contributed by atoms with E-state index in [1.165, 1.54) is 0 Å². The van der Waals surface area contributed by atoms with E-state index < -0.39 is 0 Å². The molecule has 1 aromatic carbocycles. The van der Waals surface area contributed by atoms with Crippen LogP contribution < -0.4 is 5.32 Å². The fourth-order valence-corrected chi connectivity index (χ4v) is 3.05. The molecular weight excluding hydrogens is 296 g/mol. The molecular formula is C20H16N4. The van der Waals surface area contributed by atoms with Crippen LogP contribution in [0.15, 0.2) is 71.3 Å². The SMILES string of the molecule is CC1=C(C#N)C(c2cccc(-c3cccnc3)c2)C(C#N)=C(C)N1. The molecule has 0 atom stereocenters. The highest BCUT2D eigenvalue weighted by Gasteiger charge is 2.29. The Hall–Kier alpha value is -3.37. The number of aromatic nitrogens is 1. The maximum Gasteiger partial charge on any atom is 0.0975 e. The number of benzene rings is 1. The summed E-state index contributed by atoms with van der Waals surface area (Å²) in [5, 5.41) is 22.3. The molecule has 4 nitrogen and oxygen atoms in total. The van der Waals surface area contributed by atoms with Crippen molar-refractivity contribution in [1.82, 2.24) is 10.3 Å². The molecule has 0 bridgehead atoms. The zero-order valence-corrected chi connectivity index (χ0v) is 13.5. The highest BCUT2D eigenvalue weighted by atomic mass is 14.9. The van der Waals surface area contributed by atoms with Gasteiger partial charge in [-0.15, -0.1) is 0 Å². The summed E-state index contributed by atoms with van der Waals surface area (Å²) >= 11 is 0. The van der Waals surface area contributed by atoms with Crippen molar-refractivity contribution >= 4 is 0 Å². The summed E-state index contributed by atoms with van der Waals surface area (Å²) in [5.41, 5.74) is 5.72. The molecule has 0 spiro atoms. The molecule has 0 radical (unpaired) electrons. The molecule has 0 aliphatic carbocycles. The lowest BCUT2D eigenvalue weighted by molar-refractivity contribution is 0.814. The quantitative estimate of drug-likeness (QED) is 0.908. The Labute approximate surface area is 141 Å². The fraction of sp³-hybridized carbons (Fsp3) is 0.150. The van der Waals surface area contributed by atoms with Crippen LogP contribution in [0, 0.1) is 22.7 Å². The zero-order chi connectivity index (χ0) is 17.1. The Bertz CT molecular complexity index is 888. The number of rotatable bonds is 2. The standard InChI is InChI=1S/C20H16N4/c1-13-18(10-21)20(19(11-22)14(2)24-13)16-6-3-5-15(9-16)17-7-4-8-23-12-17/h3-9,12,20,24H,1-2H3. The third-order valence-electron chi connectivity index (χ3n) is 4.22. The van der Waals surface area contributed by atoms with Crippen molar-refractivity contribution < 1.29 is 0 Å². The topological polar surface area (TPSA) is 72.5 Å². The van der Waals surface area contributed by atoms with Crippen LogP contribution >= 0.6 is 0 Å². The maximum atomic E-state index is 9.59. The van der Waals surface area contributed by atoms with Gasteiger partial charge in [0.2, 0.25) is 0 Å². The number of nitriles is 2. The van der Waals surface area contributed by atoms with Gasteiger partial charge in [0.25, 0.3) is 0 Å². The van der Waals surface area contributed by atoms with Gasteiger partial charge in [-0.2, -0.15) is 10.5 Å². The Kier molecular flexibility index (Phi) is 4.14. The highest BCUT2D eigenvalue weighted by molar-refractivity contribution is 5.65. The molecule has 1 aromatic heterocycles. The summed E-state index contributed by atoms with van der Waals surface area (Å²) < 4.78 is 0. The van der Waals surface area contributed by atoms with Crippen LogP contribution in [-0.2, 0) is 0 Å². The fourth-order valence-electron chi connectivity index (χ4n) is 3.05. The number of pyridine rings is 1. The first-order valence-corrected chi connectivity index (χ1v) is 7.65. The summed E-state index contributed by atoms with van der Waals surface area (Å²) in [6, 6.07) is 16.4. The van der Waals surface area contributed by atoms with Crippen LogP contribution in [-0.4, -0.2) is 4.98 Å². The van der Waals surface area contributed by atoms with Gasteiger partial charge in [-0.3, -0.25) is 4.98 Å². The van der Waals surface area contributed by atoms with Crippen LogP contribution in [0.5, 0.6) is 0 Å². The van der Waals surface area contributed by atoms with Gasteiger partial charge in [-0.1, -0.05) is 30.3 Å². The number of allylic oxidation sites excluding steroid dienone is 4. The number of hydrogen-bond acceptors (Lipinski definition) is 4. The molecule has 2 heterocycles. The molecule has 1 aliphatic heterocycles. The molecule has 1 aliphatic rings. The first kappa shape index (κ1) is 15.5. The van der Waals surface area contributed by atoms with Gasteiger partial charge in [-0.25, -0.2) is 0 Å². The number of hydrogen-bond donors (Lipinski definition) is 1. The zero-order valence-electron chi connectivity index (χ0n) is 13.5. The average Bonchev–Trinajstić information content (AvgIpc) is 2.62. The molecule has 0 unspecified atom stereocenters. The minimum atomic E-state index is -0.335. The summed E-state index contributed by atoms with van der Waals surface area (Å²) in [4.78, 5) is 4.16. The van der Waals surface area contributed by atoms with Crippen molar-refractivity contribution in [2.24, 2.45) is 0 Å². The molecule has 0 saturated heterocycles. The maximum absolute atomic E-state index is 9.59. The summed E-state index contributed by atoms with van der Waals surface area (Å²) in [6.45, 7) is 3.74. The molecule has 24 heavy (non-hydrogen) atoms. The lowest BCUT2D eigenvalue weighted by Crippen LogP contribution is -2.23. The van der Waals surface area contributed by atoms with Crippen molar-refractivity contribution in [3.8, 4) is 23.3 Å². The van der Waals surface area contributed by atoms with E-state index in [-0.39, 0.29) is 5.92 Å². The van der Waals surface area contributed by atoms with E-state index in [1.807, 2.05) is 50.2 Å². The minimum Gasteiger partial charge on any atom is -0.361 e. The van der Waals surface area contributed by atoms with Gasteiger partial charge in [0.1, 0.15) is 0 Å². The summed E-state index contributed by atoms with van der Waals surface area (Å²) in [7, 11) is 0. The largest absolute Gasteiger partial charge is 0.361 e. The van der Waals surface area contributed by atoms with Crippen molar-refractivity contribution in [3.63, 3.8) is 0 Å². The first-order chi connectivity index (χ1) is 11.7. The molecule has 1 N–H and O–H groups in total. The van der Waals surface area contributed by atoms with Gasteiger partial charge in [0.05, 0.1) is 29.2 Å². The molecule has 0 saturated carbocycles. The lowest BCUT2D eigenvalue weighted by atomic mass is 9.81. The molecule has 116 valence electrons. The monoisotopic (exact) mass is 312 g/mol. The van der Waals surface area contributed by atoms with E-state index in [2.05, 4.69) is 22.4 Å². The number of nitrogens with zero attached hydrogens (tertiary/aromatic N) is 3. The minimum absolute atomic E-state index is 0.335. The molecule has 3 rings (SSSR count). The second-order valence-corrected chi connectivity index (χ2v) is 5.73. The Balaban J connectivity index is 2.15. The molecule has 4 heteroatoms. The van der Waals surface area contributed by atoms with Crippen molar-refractivity contribution in [2.75, 3.05) is 0 Å². The van der Waals surface area contributed by atoms with Gasteiger partial charge < -0.3 is 5.32 Å². The van der Waals surface area contributed by atoms with Crippen LogP contribution in [0.3, 0.4) is 0 Å². The average molecular weight is 312 g/mol. The van der Waals surface area contributed by atoms with Crippen LogP contribution in [0.2, 0.25) is 0 Å². The predicted octanol–water partition coefficient (Wildman–Crippen LogP) is 4.03. The van der Waals surface area contributed by atoms with Crippen molar-refractivity contribution in [1.29, 1.82) is 10.5 Å². The van der Waals surface area contributed by atoms with E-state index in [9.17, 15) is 10.5 Å². The second-order valence-electron chi connectivity index (χ2n) is 5.73. The smallest absolute Gasteiger partial charge is 0.0975 e. The number of dihydropyridines is 1. The van der Waals surface area contributed by atoms with E-state index in [1.54, 1.807) is 12.4 Å². The van der Waals surface area contributed by atoms with Gasteiger partial charge >= 0.3 is 0 Å². The van der Waals surface area contributed by atoms with E-state index in [4.69, 9.17) is 0 Å². The molecule has 2 aromatic rings. The van der Waals surface area contributed by atoms with Crippen molar-refractivity contribution in [3.05, 3.63) is 76.9 Å². The normalized spacial score (nSPS) is 14.8. The van der Waals surface area contributed by atoms with E-state index in [0.29, 0.717) is 11.1 Å². The number of nitrogens with one attached hydrogen (secondary N) is 1. The molecule has 0 fully saturated rings. The van der Waals surface area contributed by atoms with Gasteiger partial charge in [-0.05, 0) is 36.6 Å². The Morgan fingerprint density at radius 2 is 1.62 bits per heavy atom. The Morgan fingerprint density at radius 3 is 2.21 bits per heavy atom. The summed E-state index contributed by atoms with van der Waals surface area (Å²) in [6.07, 6.45) is 3.54. The van der Waals surface area contributed by atoms with Crippen LogP contribution in [0.25, 0.3) is 11.1 Å². The lowest BCUT2D eigenvalue weighted by Gasteiger charge is -2.26. The highest BCUT2D eigenvalue weighted by Crippen LogP contribution is 2.38. The third kappa shape index (κ3) is 2.66. The Morgan fingerprint density at radius 1 is 0.958 bits per heavy atom. The van der Waals surface area contributed by atoms with Crippen LogP contribution in [0.1, 0.15) is 25.3 Å². The summed E-state index contributed by atoms with van der Waals surface area (Å²) in [5.74, 6) is -0.335. The van der Waals surface area contributed by atoms with E-state index >= 15 is 0 Å².